The van der Waals surface area contributed by atoms with Crippen molar-refractivity contribution in [3.8, 4) is 11.5 Å². The van der Waals surface area contributed by atoms with E-state index >= 15 is 0 Å². The quantitative estimate of drug-likeness (QED) is 0.0708. The highest BCUT2D eigenvalue weighted by Crippen LogP contribution is 2.26. The second kappa shape index (κ2) is 22.0. The van der Waals surface area contributed by atoms with Gasteiger partial charge in [-0.3, -0.25) is 19.7 Å². The maximum Gasteiger partial charge on any atom is 0.415 e. The van der Waals surface area contributed by atoms with Crippen LogP contribution in [0.25, 0.3) is 0 Å². The second-order valence-electron chi connectivity index (χ2n) is 13.7. The van der Waals surface area contributed by atoms with Crippen molar-refractivity contribution in [3.63, 3.8) is 0 Å². The number of amides is 1. The van der Waals surface area contributed by atoms with Crippen LogP contribution in [-0.2, 0) is 36.8 Å². The van der Waals surface area contributed by atoms with Crippen molar-refractivity contribution in [2.45, 2.75) is 52.9 Å². The lowest BCUT2D eigenvalue weighted by molar-refractivity contribution is -0.129. The van der Waals surface area contributed by atoms with E-state index in [-0.39, 0.29) is 30.5 Å². The van der Waals surface area contributed by atoms with E-state index in [2.05, 4.69) is 54.4 Å². The Bertz CT molecular complexity index is 1820. The lowest BCUT2D eigenvalue weighted by Crippen LogP contribution is -2.40. The molecule has 0 aromatic carbocycles. The van der Waals surface area contributed by atoms with E-state index in [1.165, 1.54) is 0 Å². The van der Waals surface area contributed by atoms with Crippen molar-refractivity contribution in [3.05, 3.63) is 72.6 Å². The summed E-state index contributed by atoms with van der Waals surface area (Å²) < 4.78 is 33.0. The molecule has 0 aliphatic carbocycles. The molecular weight excluding hydrogens is 736 g/mol. The summed E-state index contributed by atoms with van der Waals surface area (Å²) >= 11 is 0. The summed E-state index contributed by atoms with van der Waals surface area (Å²) in [5.41, 5.74) is 1.57. The van der Waals surface area contributed by atoms with Gasteiger partial charge in [-0.15, -0.1) is 0 Å². The van der Waals surface area contributed by atoms with Gasteiger partial charge in [-0.1, -0.05) is 27.7 Å². The number of nitrogens with one attached hydrogen (secondary N) is 2. The van der Waals surface area contributed by atoms with E-state index in [0.717, 1.165) is 11.4 Å². The number of nitrogens with zero attached hydrogens (tertiary/aromatic N) is 8. The van der Waals surface area contributed by atoms with E-state index < -0.39 is 6.09 Å². The molecular formula is C39H52N10O8. The molecule has 1 aliphatic heterocycles. The van der Waals surface area contributed by atoms with Crippen LogP contribution in [0, 0.1) is 11.8 Å². The van der Waals surface area contributed by atoms with Crippen LogP contribution in [0.4, 0.5) is 28.3 Å². The van der Waals surface area contributed by atoms with Gasteiger partial charge in [0.15, 0.2) is 0 Å². The first-order valence-corrected chi connectivity index (χ1v) is 18.9. The van der Waals surface area contributed by atoms with Gasteiger partial charge in [0.05, 0.1) is 75.4 Å². The van der Waals surface area contributed by atoms with Crippen LogP contribution < -0.4 is 29.9 Å². The van der Waals surface area contributed by atoms with Gasteiger partial charge in [-0.25, -0.2) is 14.8 Å². The minimum atomic E-state index is -0.402. The number of anilines is 4. The number of likely N-dealkylation sites (N-methyl/N-ethyl adjacent to an activating group) is 1. The standard InChI is InChI=1S/C39H52N10O8/c1-27(2)33(24-54-26-50)48(5)35-10-12-40-37(46-35)44-20-29-6-8-31(22-42-29)55-18-16-52-14-15-53-17-19-56-32-9-7-30(43-23-32)21-45-38-41-13-11-36(47-38)49-34(28(3)4)25-57-39(49)51/h6-13,22-23,26-28,33-34H,14-21,24-25H2,1-5H3,(H,40,44,46)(H,41,45,47). The number of pyridine rings is 2. The molecule has 306 valence electrons. The SMILES string of the molecule is CC(C)C(COC=O)N(C)c1ccnc(NCc2ccc(OCCOCCOCCOc3ccc(CNc4nccc(N5C(=O)OCC5C(C)C)n4)nc3)cn2)n1. The molecule has 4 aromatic rings. The molecule has 18 heteroatoms. The Morgan fingerprint density at radius 2 is 1.39 bits per heavy atom. The number of carbonyl (C=O) groups is 2. The fourth-order valence-corrected chi connectivity index (χ4v) is 5.75. The minimum absolute atomic E-state index is 0.0269. The van der Waals surface area contributed by atoms with Crippen LogP contribution in [0.1, 0.15) is 39.1 Å². The molecule has 0 spiro atoms. The Morgan fingerprint density at radius 1 is 0.807 bits per heavy atom. The van der Waals surface area contributed by atoms with Gasteiger partial charge in [0, 0.05) is 19.4 Å². The monoisotopic (exact) mass is 788 g/mol. The summed E-state index contributed by atoms with van der Waals surface area (Å²) in [5, 5.41) is 6.36. The number of ether oxygens (including phenoxy) is 6. The van der Waals surface area contributed by atoms with Gasteiger partial charge >= 0.3 is 6.09 Å². The first-order chi connectivity index (χ1) is 27.7. The topological polar surface area (TPSA) is 197 Å². The maximum atomic E-state index is 12.3. The van der Waals surface area contributed by atoms with Gasteiger partial charge in [0.25, 0.3) is 6.47 Å². The lowest BCUT2D eigenvalue weighted by Gasteiger charge is -2.31. The number of rotatable bonds is 25. The predicted molar refractivity (Wildman–Crippen MR) is 211 cm³/mol. The Labute approximate surface area is 332 Å². The zero-order chi connectivity index (χ0) is 40.4. The van der Waals surface area contributed by atoms with Crippen molar-refractivity contribution >= 4 is 36.1 Å². The zero-order valence-corrected chi connectivity index (χ0v) is 33.1. The zero-order valence-electron chi connectivity index (χ0n) is 33.1. The summed E-state index contributed by atoms with van der Waals surface area (Å²) in [7, 11) is 1.92. The van der Waals surface area contributed by atoms with Crippen LogP contribution in [-0.4, -0.2) is 114 Å². The summed E-state index contributed by atoms with van der Waals surface area (Å²) in [6.07, 6.45) is 6.21. The highest BCUT2D eigenvalue weighted by Gasteiger charge is 2.37. The molecule has 4 aromatic heterocycles. The number of hydrogen-bond acceptors (Lipinski definition) is 17. The predicted octanol–water partition coefficient (Wildman–Crippen LogP) is 4.39. The fraction of sp³-hybridized carbons (Fsp3) is 0.487. The van der Waals surface area contributed by atoms with E-state index in [0.29, 0.717) is 101 Å². The average Bonchev–Trinajstić information content (AvgIpc) is 3.62. The lowest BCUT2D eigenvalue weighted by atomic mass is 10.0. The van der Waals surface area contributed by atoms with Gasteiger partial charge in [-0.05, 0) is 48.2 Å². The molecule has 2 N–H and O–H groups in total. The largest absolute Gasteiger partial charge is 0.490 e. The molecule has 1 amide bonds. The van der Waals surface area contributed by atoms with Crippen molar-refractivity contribution in [2.24, 2.45) is 11.8 Å². The molecule has 0 radical (unpaired) electrons. The molecule has 2 unspecified atom stereocenters. The van der Waals surface area contributed by atoms with Crippen molar-refractivity contribution in [1.82, 2.24) is 29.9 Å². The normalized spacial score (nSPS) is 14.3. The van der Waals surface area contributed by atoms with E-state index in [1.807, 2.05) is 56.1 Å². The van der Waals surface area contributed by atoms with E-state index in [9.17, 15) is 9.59 Å². The maximum absolute atomic E-state index is 12.3. The number of aromatic nitrogens is 6. The summed E-state index contributed by atoms with van der Waals surface area (Å²) in [6, 6.07) is 10.8. The molecule has 18 nitrogen and oxygen atoms in total. The van der Waals surface area contributed by atoms with Gasteiger partial charge in [0.2, 0.25) is 11.9 Å². The van der Waals surface area contributed by atoms with Gasteiger partial charge in [0.1, 0.15) is 49.6 Å². The van der Waals surface area contributed by atoms with E-state index in [1.54, 1.807) is 35.8 Å². The Morgan fingerprint density at radius 3 is 1.93 bits per heavy atom. The van der Waals surface area contributed by atoms with Crippen molar-refractivity contribution in [1.29, 1.82) is 0 Å². The molecule has 2 atom stereocenters. The Kier molecular flexibility index (Phi) is 16.3. The first-order valence-electron chi connectivity index (χ1n) is 18.9. The smallest absolute Gasteiger partial charge is 0.415 e. The average molecular weight is 789 g/mol. The summed E-state index contributed by atoms with van der Waals surface area (Å²) in [4.78, 5) is 53.2. The van der Waals surface area contributed by atoms with Crippen molar-refractivity contribution in [2.75, 3.05) is 80.3 Å². The highest BCUT2D eigenvalue weighted by atomic mass is 16.6. The summed E-state index contributed by atoms with van der Waals surface area (Å²) in [5.74, 6) is 3.80. The number of cyclic esters (lactones) is 1. The molecule has 0 bridgehead atoms. The third-order valence-corrected chi connectivity index (χ3v) is 8.98. The van der Waals surface area contributed by atoms with Gasteiger partial charge in [-0.2, -0.15) is 9.97 Å². The van der Waals surface area contributed by atoms with Gasteiger partial charge < -0.3 is 44.0 Å². The summed E-state index contributed by atoms with van der Waals surface area (Å²) in [6.45, 7) is 12.5. The molecule has 1 aliphatic rings. The fourth-order valence-electron chi connectivity index (χ4n) is 5.75. The third-order valence-electron chi connectivity index (χ3n) is 8.98. The molecule has 0 saturated carbocycles. The second-order valence-corrected chi connectivity index (χ2v) is 13.7. The Balaban J connectivity index is 0.897. The minimum Gasteiger partial charge on any atom is -0.490 e. The van der Waals surface area contributed by atoms with Crippen molar-refractivity contribution < 1.29 is 38.0 Å². The van der Waals surface area contributed by atoms with Crippen LogP contribution in [0.5, 0.6) is 11.5 Å². The molecule has 5 rings (SSSR count). The Hall–Kier alpha value is -5.88. The number of hydrogen-bond donors (Lipinski definition) is 2. The van der Waals surface area contributed by atoms with Crippen LogP contribution in [0.15, 0.2) is 61.2 Å². The van der Waals surface area contributed by atoms with Crippen LogP contribution in [0.2, 0.25) is 0 Å². The first kappa shape index (κ1) is 42.3. The molecule has 5 heterocycles. The molecule has 57 heavy (non-hydrogen) atoms. The molecule has 1 fully saturated rings. The van der Waals surface area contributed by atoms with Crippen LogP contribution in [0.3, 0.4) is 0 Å². The van der Waals surface area contributed by atoms with E-state index in [4.69, 9.17) is 28.4 Å². The third kappa shape index (κ3) is 13.1. The highest BCUT2D eigenvalue weighted by molar-refractivity contribution is 5.89. The number of carbonyl (C=O) groups excluding carboxylic acids is 2. The van der Waals surface area contributed by atoms with Crippen LogP contribution >= 0.6 is 0 Å². The molecule has 1 saturated heterocycles.